The fourth-order valence-electron chi connectivity index (χ4n) is 3.69. The standard InChI is InChI=1S/C12H20O6S/c1-11-6-4-8(10(13)17-2)12(11,14)7-5-9(11)18-19(3,15)16/h8-9,14H,4-7H2,1-3H3/t8-,9-,11+,12-/m0/s1. The second kappa shape index (κ2) is 4.43. The molecule has 1 N–H and O–H groups in total. The van der Waals surface area contributed by atoms with Gasteiger partial charge >= 0.3 is 5.97 Å². The summed E-state index contributed by atoms with van der Waals surface area (Å²) >= 11 is 0. The second-order valence-electron chi connectivity index (χ2n) is 5.78. The number of hydrogen-bond donors (Lipinski definition) is 1. The number of carbonyl (C=O) groups excluding carboxylic acids is 1. The number of esters is 1. The van der Waals surface area contributed by atoms with Crippen LogP contribution >= 0.6 is 0 Å². The summed E-state index contributed by atoms with van der Waals surface area (Å²) in [7, 11) is -2.29. The van der Waals surface area contributed by atoms with Crippen LogP contribution in [-0.4, -0.2) is 44.6 Å². The summed E-state index contributed by atoms with van der Waals surface area (Å²) in [5.74, 6) is -1.04. The van der Waals surface area contributed by atoms with Gasteiger partial charge in [0.1, 0.15) is 0 Å². The molecule has 7 heteroatoms. The van der Waals surface area contributed by atoms with E-state index in [2.05, 4.69) is 0 Å². The number of rotatable bonds is 3. The summed E-state index contributed by atoms with van der Waals surface area (Å²) in [6.07, 6.45) is 2.23. The topological polar surface area (TPSA) is 89.9 Å². The molecular weight excluding hydrogens is 272 g/mol. The molecule has 0 bridgehead atoms. The van der Waals surface area contributed by atoms with Gasteiger partial charge in [-0.3, -0.25) is 8.98 Å². The van der Waals surface area contributed by atoms with Crippen molar-refractivity contribution in [3.63, 3.8) is 0 Å². The predicted octanol–water partition coefficient (Wildman–Crippen LogP) is 0.445. The van der Waals surface area contributed by atoms with Crippen molar-refractivity contribution in [2.45, 2.75) is 44.3 Å². The van der Waals surface area contributed by atoms with Crippen molar-refractivity contribution in [2.24, 2.45) is 11.3 Å². The zero-order valence-corrected chi connectivity index (χ0v) is 12.2. The highest BCUT2D eigenvalue weighted by molar-refractivity contribution is 7.86. The Morgan fingerprint density at radius 2 is 1.95 bits per heavy atom. The van der Waals surface area contributed by atoms with Gasteiger partial charge in [0.2, 0.25) is 0 Å². The lowest BCUT2D eigenvalue weighted by atomic mass is 9.74. The van der Waals surface area contributed by atoms with Crippen LogP contribution in [0.25, 0.3) is 0 Å². The van der Waals surface area contributed by atoms with Crippen LogP contribution in [0, 0.1) is 11.3 Å². The van der Waals surface area contributed by atoms with Crippen molar-refractivity contribution in [1.29, 1.82) is 0 Å². The van der Waals surface area contributed by atoms with E-state index in [0.29, 0.717) is 25.7 Å². The summed E-state index contributed by atoms with van der Waals surface area (Å²) in [6, 6.07) is 0. The largest absolute Gasteiger partial charge is 0.469 e. The molecule has 4 atom stereocenters. The van der Waals surface area contributed by atoms with Crippen molar-refractivity contribution in [2.75, 3.05) is 13.4 Å². The van der Waals surface area contributed by atoms with Crippen molar-refractivity contribution in [3.05, 3.63) is 0 Å². The monoisotopic (exact) mass is 292 g/mol. The van der Waals surface area contributed by atoms with Crippen molar-refractivity contribution in [3.8, 4) is 0 Å². The molecule has 0 heterocycles. The average Bonchev–Trinajstić information content (AvgIpc) is 2.68. The van der Waals surface area contributed by atoms with Crippen LogP contribution < -0.4 is 0 Å². The van der Waals surface area contributed by atoms with Crippen LogP contribution in [0.1, 0.15) is 32.6 Å². The molecule has 0 spiro atoms. The number of aliphatic hydroxyl groups is 1. The predicted molar refractivity (Wildman–Crippen MR) is 66.7 cm³/mol. The molecule has 2 rings (SSSR count). The Bertz CT molecular complexity index is 486. The lowest BCUT2D eigenvalue weighted by Gasteiger charge is -2.38. The van der Waals surface area contributed by atoms with Gasteiger partial charge in [-0.2, -0.15) is 8.42 Å². The summed E-state index contributed by atoms with van der Waals surface area (Å²) in [4.78, 5) is 11.8. The van der Waals surface area contributed by atoms with E-state index in [1.54, 1.807) is 6.92 Å². The number of ether oxygens (including phenoxy) is 1. The molecule has 0 saturated heterocycles. The Labute approximate surface area is 113 Å². The molecule has 0 aromatic heterocycles. The van der Waals surface area contributed by atoms with Crippen molar-refractivity contribution >= 4 is 16.1 Å². The molecule has 6 nitrogen and oxygen atoms in total. The molecule has 2 aliphatic carbocycles. The Morgan fingerprint density at radius 3 is 2.47 bits per heavy atom. The highest BCUT2D eigenvalue weighted by Crippen LogP contribution is 2.60. The zero-order valence-electron chi connectivity index (χ0n) is 11.4. The molecule has 0 unspecified atom stereocenters. The van der Waals surface area contributed by atoms with Crippen LogP contribution in [-0.2, 0) is 23.8 Å². The number of fused-ring (bicyclic) bond motifs is 1. The molecule has 2 saturated carbocycles. The Kier molecular flexibility index (Phi) is 3.43. The van der Waals surface area contributed by atoms with Gasteiger partial charge in [-0.25, -0.2) is 0 Å². The van der Waals surface area contributed by atoms with Crippen molar-refractivity contribution < 1.29 is 27.2 Å². The second-order valence-corrected chi connectivity index (χ2v) is 7.38. The highest BCUT2D eigenvalue weighted by atomic mass is 32.2. The van der Waals surface area contributed by atoms with Gasteiger partial charge in [0.15, 0.2) is 0 Å². The van der Waals surface area contributed by atoms with E-state index in [1.807, 2.05) is 0 Å². The molecule has 110 valence electrons. The fourth-order valence-corrected chi connectivity index (χ4v) is 4.42. The molecule has 0 aromatic rings. The van der Waals surface area contributed by atoms with Crippen LogP contribution in [0.3, 0.4) is 0 Å². The quantitative estimate of drug-likeness (QED) is 0.600. The number of carbonyl (C=O) groups is 1. The van der Waals surface area contributed by atoms with E-state index in [1.165, 1.54) is 7.11 Å². The maximum atomic E-state index is 11.8. The van der Waals surface area contributed by atoms with E-state index in [-0.39, 0.29) is 0 Å². The molecule has 0 radical (unpaired) electrons. The fraction of sp³-hybridized carbons (Fsp3) is 0.917. The number of methoxy groups -OCH3 is 1. The van der Waals surface area contributed by atoms with Gasteiger partial charge in [-0.15, -0.1) is 0 Å². The Hall–Kier alpha value is -0.660. The van der Waals surface area contributed by atoms with Gasteiger partial charge in [0.05, 0.1) is 31.0 Å². The maximum Gasteiger partial charge on any atom is 0.311 e. The van der Waals surface area contributed by atoms with Gasteiger partial charge < -0.3 is 9.84 Å². The highest BCUT2D eigenvalue weighted by Gasteiger charge is 2.66. The van der Waals surface area contributed by atoms with Crippen LogP contribution in [0.2, 0.25) is 0 Å². The first-order valence-corrected chi connectivity index (χ1v) is 8.14. The minimum Gasteiger partial charge on any atom is -0.469 e. The third-order valence-corrected chi connectivity index (χ3v) is 5.37. The van der Waals surface area contributed by atoms with E-state index >= 15 is 0 Å². The molecule has 0 aromatic carbocycles. The minimum atomic E-state index is -3.58. The first-order valence-electron chi connectivity index (χ1n) is 6.32. The Morgan fingerprint density at radius 1 is 1.32 bits per heavy atom. The summed E-state index contributed by atoms with van der Waals surface area (Å²) < 4.78 is 32.4. The van der Waals surface area contributed by atoms with Crippen LogP contribution in [0.4, 0.5) is 0 Å². The van der Waals surface area contributed by atoms with Gasteiger partial charge in [-0.1, -0.05) is 6.92 Å². The lowest BCUT2D eigenvalue weighted by Crippen LogP contribution is -2.49. The smallest absolute Gasteiger partial charge is 0.311 e. The summed E-state index contributed by atoms with van der Waals surface area (Å²) in [5, 5.41) is 10.8. The van der Waals surface area contributed by atoms with E-state index < -0.39 is 39.1 Å². The van der Waals surface area contributed by atoms with E-state index in [4.69, 9.17) is 8.92 Å². The maximum absolute atomic E-state index is 11.8. The molecule has 0 amide bonds. The molecule has 2 fully saturated rings. The first-order chi connectivity index (χ1) is 8.64. The summed E-state index contributed by atoms with van der Waals surface area (Å²) in [5.41, 5.74) is -1.97. The number of hydrogen-bond acceptors (Lipinski definition) is 6. The molecule has 2 aliphatic rings. The molecular formula is C12H20O6S. The third-order valence-electron chi connectivity index (χ3n) is 4.79. The SMILES string of the molecule is COC(=O)[C@@H]1CC[C@]2(C)[C@@H](OS(C)(=O)=O)CC[C@]12O. The summed E-state index contributed by atoms with van der Waals surface area (Å²) in [6.45, 7) is 1.79. The van der Waals surface area contributed by atoms with Crippen LogP contribution in [0.15, 0.2) is 0 Å². The molecule has 0 aliphatic heterocycles. The normalized spacial score (nSPS) is 42.1. The van der Waals surface area contributed by atoms with Gasteiger partial charge in [0, 0.05) is 5.41 Å². The van der Waals surface area contributed by atoms with Gasteiger partial charge in [0.25, 0.3) is 10.1 Å². The first kappa shape index (κ1) is 14.7. The minimum absolute atomic E-state index is 0.351. The van der Waals surface area contributed by atoms with Gasteiger partial charge in [-0.05, 0) is 25.7 Å². The van der Waals surface area contributed by atoms with Crippen LogP contribution in [0.5, 0.6) is 0 Å². The van der Waals surface area contributed by atoms with Crippen molar-refractivity contribution in [1.82, 2.24) is 0 Å². The lowest BCUT2D eigenvalue weighted by molar-refractivity contribution is -0.159. The van der Waals surface area contributed by atoms with E-state index in [9.17, 15) is 18.3 Å². The molecule has 19 heavy (non-hydrogen) atoms. The third kappa shape index (κ3) is 2.17. The van der Waals surface area contributed by atoms with E-state index in [0.717, 1.165) is 6.26 Å². The Balaban J connectivity index is 2.29. The zero-order chi connectivity index (χ0) is 14.5. The average molecular weight is 292 g/mol.